The van der Waals surface area contributed by atoms with Crippen LogP contribution in [0, 0.1) is 11.6 Å². The summed E-state index contributed by atoms with van der Waals surface area (Å²) in [6.07, 6.45) is 1.55. The Balaban J connectivity index is 1.79. The molecule has 0 saturated carbocycles. The molecule has 1 heterocycles. The van der Waals surface area contributed by atoms with Crippen LogP contribution in [0.1, 0.15) is 10.4 Å². The first-order valence-electron chi connectivity index (χ1n) is 9.11. The molecule has 150 valence electrons. The lowest BCUT2D eigenvalue weighted by molar-refractivity contribution is 0.102. The van der Waals surface area contributed by atoms with E-state index in [4.69, 9.17) is 4.74 Å². The van der Waals surface area contributed by atoms with Crippen LogP contribution in [0.2, 0.25) is 0 Å². The summed E-state index contributed by atoms with van der Waals surface area (Å²) in [7, 11) is 1.51. The number of methoxy groups -OCH3 is 1. The third kappa shape index (κ3) is 3.77. The highest BCUT2D eigenvalue weighted by Crippen LogP contribution is 2.28. The Morgan fingerprint density at radius 1 is 0.967 bits per heavy atom. The van der Waals surface area contributed by atoms with Gasteiger partial charge in [0, 0.05) is 11.8 Å². The van der Waals surface area contributed by atoms with E-state index < -0.39 is 17.5 Å². The van der Waals surface area contributed by atoms with Gasteiger partial charge in [0.2, 0.25) is 0 Å². The normalized spacial score (nSPS) is 10.6. The van der Waals surface area contributed by atoms with Gasteiger partial charge >= 0.3 is 0 Å². The van der Waals surface area contributed by atoms with Gasteiger partial charge < -0.3 is 10.1 Å². The molecule has 0 aliphatic carbocycles. The molecule has 1 aromatic heterocycles. The van der Waals surface area contributed by atoms with Crippen molar-refractivity contribution in [3.63, 3.8) is 0 Å². The molecule has 0 bridgehead atoms. The molecule has 30 heavy (non-hydrogen) atoms. The first-order chi connectivity index (χ1) is 14.6. The summed E-state index contributed by atoms with van der Waals surface area (Å²) in [5.41, 5.74) is 1.92. The largest absolute Gasteiger partial charge is 0.495 e. The van der Waals surface area contributed by atoms with Crippen molar-refractivity contribution in [1.29, 1.82) is 0 Å². The van der Waals surface area contributed by atoms with E-state index in [0.29, 0.717) is 11.4 Å². The fraction of sp³-hybridized carbons (Fsp3) is 0.0435. The molecule has 5 nitrogen and oxygen atoms in total. The summed E-state index contributed by atoms with van der Waals surface area (Å²) >= 11 is 0. The topological polar surface area (TPSA) is 56.1 Å². The number of hydrogen-bond acceptors (Lipinski definition) is 3. The number of hydrogen-bond donors (Lipinski definition) is 1. The molecule has 0 aliphatic heterocycles. The summed E-state index contributed by atoms with van der Waals surface area (Å²) in [5.74, 6) is -1.95. The van der Waals surface area contributed by atoms with Crippen LogP contribution in [-0.4, -0.2) is 22.8 Å². The molecular formula is C23H17F2N3O2. The molecule has 3 aromatic carbocycles. The van der Waals surface area contributed by atoms with Crippen molar-refractivity contribution in [3.05, 3.63) is 96.2 Å². The lowest BCUT2D eigenvalue weighted by Crippen LogP contribution is -2.13. The Hall–Kier alpha value is -4.00. The van der Waals surface area contributed by atoms with Gasteiger partial charge in [-0.15, -0.1) is 0 Å². The van der Waals surface area contributed by atoms with E-state index >= 15 is 0 Å². The fourth-order valence-electron chi connectivity index (χ4n) is 3.05. The molecule has 7 heteroatoms. The van der Waals surface area contributed by atoms with Gasteiger partial charge in [-0.2, -0.15) is 5.10 Å². The van der Waals surface area contributed by atoms with Gasteiger partial charge in [-0.3, -0.25) is 4.79 Å². The minimum atomic E-state index is -1.02. The second kappa shape index (κ2) is 8.16. The van der Waals surface area contributed by atoms with Crippen LogP contribution < -0.4 is 10.1 Å². The number of anilines is 1. The van der Waals surface area contributed by atoms with E-state index in [1.165, 1.54) is 17.9 Å². The van der Waals surface area contributed by atoms with Gasteiger partial charge in [0.25, 0.3) is 5.91 Å². The van der Waals surface area contributed by atoms with Crippen LogP contribution in [0.25, 0.3) is 16.9 Å². The molecule has 1 amide bonds. The van der Waals surface area contributed by atoms with Crippen molar-refractivity contribution in [1.82, 2.24) is 9.78 Å². The molecule has 0 fully saturated rings. The Labute approximate surface area is 171 Å². The standard InChI is InChI=1S/C23H17F2N3O2/c1-30-21-10-6-5-9-20(21)26-23(29)17-14-28(16-7-3-2-4-8-16)27-22(17)15-11-12-18(24)19(25)13-15/h2-14H,1H3,(H,26,29). The maximum absolute atomic E-state index is 13.8. The van der Waals surface area contributed by atoms with E-state index in [9.17, 15) is 13.6 Å². The molecule has 0 unspecified atom stereocenters. The number of benzene rings is 3. The molecule has 0 saturated heterocycles. The minimum Gasteiger partial charge on any atom is -0.495 e. The van der Waals surface area contributed by atoms with Gasteiger partial charge in [-0.1, -0.05) is 30.3 Å². The highest BCUT2D eigenvalue weighted by Gasteiger charge is 2.21. The smallest absolute Gasteiger partial charge is 0.259 e. The number of amides is 1. The summed E-state index contributed by atoms with van der Waals surface area (Å²) in [4.78, 5) is 13.1. The van der Waals surface area contributed by atoms with Crippen LogP contribution in [0.4, 0.5) is 14.5 Å². The Kier molecular flexibility index (Phi) is 5.26. The molecule has 4 aromatic rings. The number of nitrogens with zero attached hydrogens (tertiary/aromatic N) is 2. The molecule has 0 atom stereocenters. The lowest BCUT2D eigenvalue weighted by atomic mass is 10.1. The second-order valence-corrected chi connectivity index (χ2v) is 6.45. The lowest BCUT2D eigenvalue weighted by Gasteiger charge is -2.09. The Bertz CT molecular complexity index is 1210. The number of halogens is 2. The van der Waals surface area contributed by atoms with Crippen molar-refractivity contribution in [3.8, 4) is 22.7 Å². The Morgan fingerprint density at radius 2 is 1.70 bits per heavy atom. The second-order valence-electron chi connectivity index (χ2n) is 6.45. The van der Waals surface area contributed by atoms with Crippen molar-refractivity contribution in [2.24, 2.45) is 0 Å². The third-order valence-corrected chi connectivity index (χ3v) is 4.53. The molecule has 1 N–H and O–H groups in total. The third-order valence-electron chi connectivity index (χ3n) is 4.53. The average Bonchev–Trinajstić information content (AvgIpc) is 3.22. The van der Waals surface area contributed by atoms with Crippen molar-refractivity contribution in [2.45, 2.75) is 0 Å². The summed E-state index contributed by atoms with van der Waals surface area (Å²) in [6.45, 7) is 0. The Morgan fingerprint density at radius 3 is 2.43 bits per heavy atom. The molecule has 0 radical (unpaired) electrons. The maximum atomic E-state index is 13.8. The zero-order chi connectivity index (χ0) is 21.1. The first-order valence-corrected chi connectivity index (χ1v) is 9.11. The van der Waals surface area contributed by atoms with E-state index in [1.54, 1.807) is 30.5 Å². The van der Waals surface area contributed by atoms with Crippen LogP contribution in [-0.2, 0) is 0 Å². The summed E-state index contributed by atoms with van der Waals surface area (Å²) in [6, 6.07) is 19.6. The molecule has 0 aliphatic rings. The number of para-hydroxylation sites is 3. The number of rotatable bonds is 5. The van der Waals surface area contributed by atoms with E-state index in [1.807, 2.05) is 30.3 Å². The van der Waals surface area contributed by atoms with Gasteiger partial charge in [-0.05, 0) is 42.5 Å². The minimum absolute atomic E-state index is 0.204. The van der Waals surface area contributed by atoms with Gasteiger partial charge in [0.05, 0.1) is 24.0 Å². The van der Waals surface area contributed by atoms with Crippen molar-refractivity contribution >= 4 is 11.6 Å². The van der Waals surface area contributed by atoms with Crippen LogP contribution >= 0.6 is 0 Å². The maximum Gasteiger partial charge on any atom is 0.259 e. The number of carbonyl (C=O) groups excluding carboxylic acids is 1. The van der Waals surface area contributed by atoms with Crippen LogP contribution in [0.5, 0.6) is 5.75 Å². The fourth-order valence-corrected chi connectivity index (χ4v) is 3.05. The van der Waals surface area contributed by atoms with Crippen molar-refractivity contribution in [2.75, 3.05) is 12.4 Å². The summed E-state index contributed by atoms with van der Waals surface area (Å²) in [5, 5.41) is 7.26. The molecule has 0 spiro atoms. The average molecular weight is 405 g/mol. The van der Waals surface area contributed by atoms with Crippen LogP contribution in [0.15, 0.2) is 79.0 Å². The highest BCUT2D eigenvalue weighted by molar-refractivity contribution is 6.08. The van der Waals surface area contributed by atoms with E-state index in [2.05, 4.69) is 10.4 Å². The zero-order valence-corrected chi connectivity index (χ0v) is 16.0. The van der Waals surface area contributed by atoms with Crippen LogP contribution in [0.3, 0.4) is 0 Å². The van der Waals surface area contributed by atoms with Gasteiger partial charge in [-0.25, -0.2) is 13.5 Å². The SMILES string of the molecule is COc1ccccc1NC(=O)c1cn(-c2ccccc2)nc1-c1ccc(F)c(F)c1. The monoisotopic (exact) mass is 405 g/mol. The number of aromatic nitrogens is 2. The number of nitrogens with one attached hydrogen (secondary N) is 1. The zero-order valence-electron chi connectivity index (χ0n) is 16.0. The van der Waals surface area contributed by atoms with Gasteiger partial charge in [0.1, 0.15) is 11.4 Å². The quantitative estimate of drug-likeness (QED) is 0.504. The van der Waals surface area contributed by atoms with E-state index in [0.717, 1.165) is 17.8 Å². The number of ether oxygens (including phenoxy) is 1. The molecule has 4 rings (SSSR count). The highest BCUT2D eigenvalue weighted by atomic mass is 19.2. The predicted molar refractivity (Wildman–Crippen MR) is 110 cm³/mol. The van der Waals surface area contributed by atoms with E-state index in [-0.39, 0.29) is 16.8 Å². The first kappa shape index (κ1) is 19.3. The number of carbonyl (C=O) groups is 1. The van der Waals surface area contributed by atoms with Gasteiger partial charge in [0.15, 0.2) is 11.6 Å². The predicted octanol–water partition coefficient (Wildman–Crippen LogP) is 5.08. The van der Waals surface area contributed by atoms with Crippen molar-refractivity contribution < 1.29 is 18.3 Å². The molecular weight excluding hydrogens is 388 g/mol. The summed E-state index contributed by atoms with van der Waals surface area (Å²) < 4.78 is 34.1.